The van der Waals surface area contributed by atoms with Crippen LogP contribution >= 0.6 is 0 Å². The second-order valence-corrected chi connectivity index (χ2v) is 6.34. The summed E-state index contributed by atoms with van der Waals surface area (Å²) in [5.41, 5.74) is 5.01. The normalized spacial score (nSPS) is 13.6. The molecule has 0 radical (unpaired) electrons. The molecule has 3 rings (SSSR count). The molecule has 1 aliphatic carbocycles. The summed E-state index contributed by atoms with van der Waals surface area (Å²) in [6.45, 7) is 4.88. The quantitative estimate of drug-likeness (QED) is 0.918. The van der Waals surface area contributed by atoms with E-state index < -0.39 is 0 Å². The monoisotopic (exact) mass is 327 g/mol. The van der Waals surface area contributed by atoms with Gasteiger partial charge in [0, 0.05) is 24.3 Å². The number of carbonyl (C=O) groups is 1. The molecule has 1 aliphatic rings. The standard InChI is InChI=1S/C19H25N3O2/c1-3-21(12-13-23)19(24)18-16-6-4-5-7-17(16)22(20-18)15-10-8-14(2)9-11-15/h8-11,23H,3-7,12-13H2,1-2H3. The first-order valence-electron chi connectivity index (χ1n) is 8.73. The number of nitrogens with zero attached hydrogens (tertiary/aromatic N) is 3. The van der Waals surface area contributed by atoms with Crippen LogP contribution in [0.1, 0.15) is 47.1 Å². The van der Waals surface area contributed by atoms with Gasteiger partial charge in [0.25, 0.3) is 5.91 Å². The second kappa shape index (κ2) is 7.18. The van der Waals surface area contributed by atoms with Crippen molar-refractivity contribution in [2.45, 2.75) is 39.5 Å². The third-order valence-electron chi connectivity index (χ3n) is 4.70. The van der Waals surface area contributed by atoms with Gasteiger partial charge in [-0.15, -0.1) is 0 Å². The third-order valence-corrected chi connectivity index (χ3v) is 4.70. The van der Waals surface area contributed by atoms with E-state index >= 15 is 0 Å². The van der Waals surface area contributed by atoms with Crippen LogP contribution < -0.4 is 0 Å². The van der Waals surface area contributed by atoms with Crippen LogP contribution in [0.2, 0.25) is 0 Å². The summed E-state index contributed by atoms with van der Waals surface area (Å²) in [5, 5.41) is 13.9. The Morgan fingerprint density at radius 1 is 1.25 bits per heavy atom. The van der Waals surface area contributed by atoms with Gasteiger partial charge in [0.05, 0.1) is 12.3 Å². The van der Waals surface area contributed by atoms with Gasteiger partial charge in [0.1, 0.15) is 0 Å². The van der Waals surface area contributed by atoms with Gasteiger partial charge in [-0.3, -0.25) is 4.79 Å². The van der Waals surface area contributed by atoms with Gasteiger partial charge in [-0.05, 0) is 51.7 Å². The first-order valence-corrected chi connectivity index (χ1v) is 8.73. The van der Waals surface area contributed by atoms with Crippen molar-refractivity contribution in [2.75, 3.05) is 19.7 Å². The molecule has 1 amide bonds. The van der Waals surface area contributed by atoms with Gasteiger partial charge in [0.15, 0.2) is 5.69 Å². The van der Waals surface area contributed by atoms with Gasteiger partial charge in [0.2, 0.25) is 0 Å². The Kier molecular flexibility index (Phi) is 5.00. The van der Waals surface area contributed by atoms with Crippen LogP contribution in [0.15, 0.2) is 24.3 Å². The molecule has 5 nitrogen and oxygen atoms in total. The molecule has 2 aromatic rings. The highest BCUT2D eigenvalue weighted by molar-refractivity contribution is 5.94. The molecule has 0 saturated heterocycles. The highest BCUT2D eigenvalue weighted by atomic mass is 16.3. The van der Waals surface area contributed by atoms with Crippen molar-refractivity contribution in [1.29, 1.82) is 0 Å². The zero-order valence-electron chi connectivity index (χ0n) is 14.5. The fourth-order valence-corrected chi connectivity index (χ4v) is 3.34. The topological polar surface area (TPSA) is 58.4 Å². The minimum Gasteiger partial charge on any atom is -0.395 e. The minimum absolute atomic E-state index is 0.0273. The first kappa shape index (κ1) is 16.7. The molecule has 0 saturated carbocycles. The number of aryl methyl sites for hydroxylation is 1. The average Bonchev–Trinajstić information content (AvgIpc) is 2.99. The molecule has 0 spiro atoms. The summed E-state index contributed by atoms with van der Waals surface area (Å²) in [6, 6.07) is 8.24. The average molecular weight is 327 g/mol. The molecule has 1 aromatic heterocycles. The van der Waals surface area contributed by atoms with Crippen LogP contribution in [0, 0.1) is 6.92 Å². The Bertz CT molecular complexity index is 719. The summed E-state index contributed by atoms with van der Waals surface area (Å²) in [7, 11) is 0. The predicted octanol–water partition coefficient (Wildman–Crippen LogP) is 2.51. The van der Waals surface area contributed by atoms with Crippen molar-refractivity contribution in [1.82, 2.24) is 14.7 Å². The molecular formula is C19H25N3O2. The molecule has 128 valence electrons. The number of rotatable bonds is 5. The van der Waals surface area contributed by atoms with E-state index in [1.165, 1.54) is 5.56 Å². The highest BCUT2D eigenvalue weighted by Gasteiger charge is 2.27. The largest absolute Gasteiger partial charge is 0.395 e. The maximum Gasteiger partial charge on any atom is 0.274 e. The Morgan fingerprint density at radius 3 is 2.62 bits per heavy atom. The number of likely N-dealkylation sites (N-methyl/N-ethyl adjacent to an activating group) is 1. The number of carbonyl (C=O) groups excluding carboxylic acids is 1. The summed E-state index contributed by atoms with van der Waals surface area (Å²) in [6.07, 6.45) is 4.08. The van der Waals surface area contributed by atoms with Gasteiger partial charge < -0.3 is 10.0 Å². The molecule has 24 heavy (non-hydrogen) atoms. The molecule has 1 heterocycles. The fraction of sp³-hybridized carbons (Fsp3) is 0.474. The van der Waals surface area contributed by atoms with E-state index in [-0.39, 0.29) is 12.5 Å². The van der Waals surface area contributed by atoms with E-state index in [1.807, 2.05) is 11.6 Å². The van der Waals surface area contributed by atoms with Gasteiger partial charge in [-0.25, -0.2) is 4.68 Å². The predicted molar refractivity (Wildman–Crippen MR) is 93.6 cm³/mol. The highest BCUT2D eigenvalue weighted by Crippen LogP contribution is 2.27. The van der Waals surface area contributed by atoms with Crippen molar-refractivity contribution in [3.05, 3.63) is 46.8 Å². The number of amides is 1. The van der Waals surface area contributed by atoms with E-state index in [9.17, 15) is 9.90 Å². The molecule has 0 aliphatic heterocycles. The van der Waals surface area contributed by atoms with Gasteiger partial charge in [-0.2, -0.15) is 5.10 Å². The maximum atomic E-state index is 12.9. The first-order chi connectivity index (χ1) is 11.7. The molecule has 0 atom stereocenters. The van der Waals surface area contributed by atoms with Crippen LogP contribution in [-0.2, 0) is 12.8 Å². The van der Waals surface area contributed by atoms with Crippen LogP contribution in [-0.4, -0.2) is 45.4 Å². The maximum absolute atomic E-state index is 12.9. The SMILES string of the molecule is CCN(CCO)C(=O)c1nn(-c2ccc(C)cc2)c2c1CCCC2. The molecule has 0 bridgehead atoms. The number of hydrogen-bond acceptors (Lipinski definition) is 3. The number of aliphatic hydroxyl groups excluding tert-OH is 1. The lowest BCUT2D eigenvalue weighted by Crippen LogP contribution is -2.34. The van der Waals surface area contributed by atoms with Crippen LogP contribution in [0.5, 0.6) is 0 Å². The number of aromatic nitrogens is 2. The second-order valence-electron chi connectivity index (χ2n) is 6.34. The zero-order valence-corrected chi connectivity index (χ0v) is 14.5. The lowest BCUT2D eigenvalue weighted by atomic mass is 9.95. The van der Waals surface area contributed by atoms with Crippen LogP contribution in [0.4, 0.5) is 0 Å². The molecular weight excluding hydrogens is 302 g/mol. The van der Waals surface area contributed by atoms with Crippen LogP contribution in [0.25, 0.3) is 5.69 Å². The van der Waals surface area contributed by atoms with E-state index in [0.29, 0.717) is 18.8 Å². The number of fused-ring (bicyclic) bond motifs is 1. The van der Waals surface area contributed by atoms with Crippen molar-refractivity contribution in [3.8, 4) is 5.69 Å². The van der Waals surface area contributed by atoms with Crippen molar-refractivity contribution in [3.63, 3.8) is 0 Å². The number of benzene rings is 1. The van der Waals surface area contributed by atoms with Crippen LogP contribution in [0.3, 0.4) is 0 Å². The molecule has 0 unspecified atom stereocenters. The van der Waals surface area contributed by atoms with E-state index in [4.69, 9.17) is 0 Å². The number of hydrogen-bond donors (Lipinski definition) is 1. The third kappa shape index (κ3) is 3.08. The smallest absolute Gasteiger partial charge is 0.274 e. The Morgan fingerprint density at radius 2 is 1.96 bits per heavy atom. The Hall–Kier alpha value is -2.14. The van der Waals surface area contributed by atoms with Crippen molar-refractivity contribution < 1.29 is 9.90 Å². The number of aliphatic hydroxyl groups is 1. The van der Waals surface area contributed by atoms with Gasteiger partial charge in [-0.1, -0.05) is 17.7 Å². The van der Waals surface area contributed by atoms with Gasteiger partial charge >= 0.3 is 0 Å². The zero-order chi connectivity index (χ0) is 17.1. The Labute approximate surface area is 142 Å². The lowest BCUT2D eigenvalue weighted by Gasteiger charge is -2.19. The van der Waals surface area contributed by atoms with Crippen molar-refractivity contribution in [2.24, 2.45) is 0 Å². The summed E-state index contributed by atoms with van der Waals surface area (Å²) >= 11 is 0. The molecule has 5 heteroatoms. The van der Waals surface area contributed by atoms with E-state index in [1.54, 1.807) is 4.90 Å². The lowest BCUT2D eigenvalue weighted by molar-refractivity contribution is 0.0724. The summed E-state index contributed by atoms with van der Waals surface area (Å²) in [4.78, 5) is 14.5. The van der Waals surface area contributed by atoms with E-state index in [0.717, 1.165) is 42.6 Å². The van der Waals surface area contributed by atoms with Crippen molar-refractivity contribution >= 4 is 5.91 Å². The minimum atomic E-state index is -0.0736. The fourth-order valence-electron chi connectivity index (χ4n) is 3.34. The summed E-state index contributed by atoms with van der Waals surface area (Å²) in [5.74, 6) is -0.0736. The molecule has 0 fully saturated rings. The molecule has 1 N–H and O–H groups in total. The molecule has 1 aromatic carbocycles. The van der Waals surface area contributed by atoms with E-state index in [2.05, 4.69) is 36.3 Å². The Balaban J connectivity index is 2.04. The summed E-state index contributed by atoms with van der Waals surface area (Å²) < 4.78 is 1.94.